The van der Waals surface area contributed by atoms with Gasteiger partial charge in [-0.2, -0.15) is 0 Å². The number of ether oxygens (including phenoxy) is 1. The van der Waals surface area contributed by atoms with Crippen molar-refractivity contribution in [3.8, 4) is 5.75 Å². The van der Waals surface area contributed by atoms with Crippen molar-refractivity contribution < 1.29 is 17.9 Å². The van der Waals surface area contributed by atoms with Crippen LogP contribution in [-0.2, 0) is 10.0 Å². The zero-order valence-corrected chi connectivity index (χ0v) is 11.4. The van der Waals surface area contributed by atoms with Crippen molar-refractivity contribution in [2.75, 3.05) is 24.6 Å². The lowest BCUT2D eigenvalue weighted by atomic mass is 10.1. The second-order valence-electron chi connectivity index (χ2n) is 3.78. The molecular weight excluding hydrogens is 270 g/mol. The number of carbonyl (C=O) groups excluding carboxylic acids is 1. The van der Waals surface area contributed by atoms with E-state index in [9.17, 15) is 13.2 Å². The maximum absolute atomic E-state index is 11.9. The summed E-state index contributed by atoms with van der Waals surface area (Å²) < 4.78 is 26.8. The van der Waals surface area contributed by atoms with E-state index in [1.54, 1.807) is 25.1 Å². The summed E-state index contributed by atoms with van der Waals surface area (Å²) in [5.74, 6) is -0.497. The van der Waals surface area contributed by atoms with E-state index in [1.807, 2.05) is 0 Å². The van der Waals surface area contributed by atoms with Gasteiger partial charge < -0.3 is 15.8 Å². The van der Waals surface area contributed by atoms with Crippen LogP contribution in [0.5, 0.6) is 5.75 Å². The summed E-state index contributed by atoms with van der Waals surface area (Å²) in [5.41, 5.74) is 6.33. The van der Waals surface area contributed by atoms with Crippen LogP contribution in [0, 0.1) is 0 Å². The molecule has 0 bridgehead atoms. The van der Waals surface area contributed by atoms with E-state index in [1.165, 1.54) is 0 Å². The Hall–Kier alpha value is -1.80. The van der Waals surface area contributed by atoms with Crippen molar-refractivity contribution in [2.24, 2.45) is 5.14 Å². The van der Waals surface area contributed by atoms with Crippen molar-refractivity contribution in [1.82, 2.24) is 5.32 Å². The number of carbonyl (C=O) groups is 1. The molecule has 1 aromatic rings. The zero-order chi connectivity index (χ0) is 14.5. The van der Waals surface area contributed by atoms with E-state index in [2.05, 4.69) is 5.32 Å². The number of sulfonamides is 1. The van der Waals surface area contributed by atoms with Gasteiger partial charge in [0.25, 0.3) is 5.91 Å². The van der Waals surface area contributed by atoms with Crippen LogP contribution in [0.2, 0.25) is 0 Å². The van der Waals surface area contributed by atoms with Gasteiger partial charge in [0.15, 0.2) is 5.75 Å². The summed E-state index contributed by atoms with van der Waals surface area (Å²) in [6.45, 7) is 2.07. The highest BCUT2D eigenvalue weighted by Crippen LogP contribution is 2.26. The van der Waals surface area contributed by atoms with Crippen molar-refractivity contribution in [1.29, 1.82) is 0 Å². The first kappa shape index (κ1) is 15.3. The normalized spacial score (nSPS) is 11.1. The highest BCUT2D eigenvalue weighted by Gasteiger charge is 2.15. The molecule has 1 amide bonds. The second-order valence-corrected chi connectivity index (χ2v) is 5.51. The minimum absolute atomic E-state index is 0.0714. The highest BCUT2D eigenvalue weighted by molar-refractivity contribution is 7.89. The van der Waals surface area contributed by atoms with Gasteiger partial charge in [0, 0.05) is 6.54 Å². The molecule has 0 aliphatic rings. The molecule has 0 fully saturated rings. The average molecular weight is 287 g/mol. The van der Waals surface area contributed by atoms with Crippen molar-refractivity contribution in [3.05, 3.63) is 23.8 Å². The number of primary sulfonamides is 1. The molecular formula is C11H17N3O4S. The SMILES string of the molecule is CCOc1c(N)cccc1C(=O)NCCS(N)(=O)=O. The van der Waals surface area contributed by atoms with Crippen LogP contribution in [0.15, 0.2) is 18.2 Å². The molecule has 0 aromatic heterocycles. The van der Waals surface area contributed by atoms with Crippen molar-refractivity contribution in [3.63, 3.8) is 0 Å². The Bertz CT molecular complexity index is 557. The lowest BCUT2D eigenvalue weighted by Crippen LogP contribution is -2.31. The first-order valence-corrected chi connectivity index (χ1v) is 7.36. The molecule has 0 saturated carbocycles. The standard InChI is InChI=1S/C11H17N3O4S/c1-2-18-10-8(4-3-5-9(10)12)11(15)14-6-7-19(13,16)17/h3-5H,2,6-7,12H2,1H3,(H,14,15)(H2,13,16,17). The smallest absolute Gasteiger partial charge is 0.255 e. The molecule has 1 rings (SSSR count). The van der Waals surface area contributed by atoms with Crippen LogP contribution in [0.3, 0.4) is 0 Å². The van der Waals surface area contributed by atoms with Gasteiger partial charge in [-0.1, -0.05) is 6.07 Å². The van der Waals surface area contributed by atoms with Crippen molar-refractivity contribution in [2.45, 2.75) is 6.92 Å². The van der Waals surface area contributed by atoms with Gasteiger partial charge in [-0.25, -0.2) is 13.6 Å². The highest BCUT2D eigenvalue weighted by atomic mass is 32.2. The molecule has 0 saturated heterocycles. The molecule has 1 aromatic carbocycles. The average Bonchev–Trinajstić information content (AvgIpc) is 2.30. The number of nitrogen functional groups attached to an aromatic ring is 1. The number of rotatable bonds is 6. The molecule has 0 atom stereocenters. The fourth-order valence-electron chi connectivity index (χ4n) is 1.44. The second kappa shape index (κ2) is 6.39. The quantitative estimate of drug-likeness (QED) is 0.619. The fraction of sp³-hybridized carbons (Fsp3) is 0.364. The Kier molecular flexibility index (Phi) is 5.13. The zero-order valence-electron chi connectivity index (χ0n) is 10.5. The number of amides is 1. The molecule has 0 aliphatic heterocycles. The maximum Gasteiger partial charge on any atom is 0.255 e. The van der Waals surface area contributed by atoms with Crippen LogP contribution >= 0.6 is 0 Å². The Balaban J connectivity index is 2.79. The first-order valence-electron chi connectivity index (χ1n) is 5.65. The third-order valence-electron chi connectivity index (χ3n) is 2.25. The van der Waals surface area contributed by atoms with E-state index in [4.69, 9.17) is 15.6 Å². The summed E-state index contributed by atoms with van der Waals surface area (Å²) in [7, 11) is -3.60. The van der Waals surface area contributed by atoms with Crippen LogP contribution in [0.4, 0.5) is 5.69 Å². The molecule has 5 N–H and O–H groups in total. The lowest BCUT2D eigenvalue weighted by Gasteiger charge is -2.12. The molecule has 19 heavy (non-hydrogen) atoms. The lowest BCUT2D eigenvalue weighted by molar-refractivity contribution is 0.0952. The van der Waals surface area contributed by atoms with Gasteiger partial charge in [-0.15, -0.1) is 0 Å². The summed E-state index contributed by atoms with van der Waals surface area (Å²) in [5, 5.41) is 7.29. The summed E-state index contributed by atoms with van der Waals surface area (Å²) >= 11 is 0. The number of nitrogens with one attached hydrogen (secondary N) is 1. The number of para-hydroxylation sites is 1. The van der Waals surface area contributed by atoms with Crippen LogP contribution < -0.4 is 20.9 Å². The number of hydrogen-bond donors (Lipinski definition) is 3. The third-order valence-corrected chi connectivity index (χ3v) is 3.02. The molecule has 0 heterocycles. The van der Waals surface area contributed by atoms with Crippen molar-refractivity contribution >= 4 is 21.6 Å². The molecule has 0 radical (unpaired) electrons. The Morgan fingerprint density at radius 1 is 1.42 bits per heavy atom. The van der Waals surface area contributed by atoms with Gasteiger partial charge in [-0.3, -0.25) is 4.79 Å². The molecule has 0 spiro atoms. The summed E-state index contributed by atoms with van der Waals surface area (Å²) in [6, 6.07) is 4.78. The van der Waals surface area contributed by atoms with Gasteiger partial charge in [-0.05, 0) is 19.1 Å². The number of nitrogens with two attached hydrogens (primary N) is 2. The summed E-state index contributed by atoms with van der Waals surface area (Å²) in [4.78, 5) is 11.9. The maximum atomic E-state index is 11.9. The predicted molar refractivity (Wildman–Crippen MR) is 72.3 cm³/mol. The Morgan fingerprint density at radius 3 is 2.68 bits per heavy atom. The van der Waals surface area contributed by atoms with E-state index < -0.39 is 15.9 Å². The van der Waals surface area contributed by atoms with Gasteiger partial charge >= 0.3 is 0 Å². The fourth-order valence-corrected chi connectivity index (χ4v) is 1.83. The Morgan fingerprint density at radius 2 is 2.11 bits per heavy atom. The van der Waals surface area contributed by atoms with Gasteiger partial charge in [0.2, 0.25) is 10.0 Å². The monoisotopic (exact) mass is 287 g/mol. The third kappa shape index (κ3) is 4.76. The molecule has 106 valence electrons. The van der Waals surface area contributed by atoms with E-state index in [-0.39, 0.29) is 23.6 Å². The minimum Gasteiger partial charge on any atom is -0.491 e. The first-order chi connectivity index (χ1) is 8.85. The van der Waals surface area contributed by atoms with E-state index in [0.29, 0.717) is 12.3 Å². The van der Waals surface area contributed by atoms with Crippen LogP contribution in [0.1, 0.15) is 17.3 Å². The van der Waals surface area contributed by atoms with E-state index in [0.717, 1.165) is 0 Å². The van der Waals surface area contributed by atoms with E-state index >= 15 is 0 Å². The molecule has 0 unspecified atom stereocenters. The predicted octanol–water partition coefficient (Wildman–Crippen LogP) is -0.314. The number of benzene rings is 1. The molecule has 7 nitrogen and oxygen atoms in total. The van der Waals surface area contributed by atoms with Gasteiger partial charge in [0.05, 0.1) is 23.6 Å². The number of anilines is 1. The minimum atomic E-state index is -3.60. The van der Waals surface area contributed by atoms with Crippen LogP contribution in [0.25, 0.3) is 0 Å². The number of hydrogen-bond acceptors (Lipinski definition) is 5. The Labute approximate surface area is 112 Å². The summed E-state index contributed by atoms with van der Waals surface area (Å²) in [6.07, 6.45) is 0. The molecule has 8 heteroatoms. The molecule has 0 aliphatic carbocycles. The van der Waals surface area contributed by atoms with Gasteiger partial charge in [0.1, 0.15) is 0 Å². The largest absolute Gasteiger partial charge is 0.491 e. The van der Waals surface area contributed by atoms with Crippen LogP contribution in [-0.4, -0.2) is 33.2 Å². The topological polar surface area (TPSA) is 125 Å².